The van der Waals surface area contributed by atoms with Gasteiger partial charge in [0.1, 0.15) is 0 Å². The summed E-state index contributed by atoms with van der Waals surface area (Å²) in [6, 6.07) is 6.38. The Balaban J connectivity index is 2.40. The normalized spacial score (nSPS) is 28.1. The first-order valence-corrected chi connectivity index (χ1v) is 7.36. The Kier molecular flexibility index (Phi) is 3.30. The molecule has 1 aliphatic rings. The fourth-order valence-electron chi connectivity index (χ4n) is 2.80. The van der Waals surface area contributed by atoms with Crippen LogP contribution in [-0.4, -0.2) is 16.6 Å². The highest BCUT2D eigenvalue weighted by Gasteiger charge is 2.40. The summed E-state index contributed by atoms with van der Waals surface area (Å²) >= 11 is 1.87. The van der Waals surface area contributed by atoms with Gasteiger partial charge in [0.25, 0.3) is 0 Å². The summed E-state index contributed by atoms with van der Waals surface area (Å²) < 4.78 is 0. The molecule has 1 unspecified atom stereocenters. The Bertz CT molecular complexity index is 425. The average molecular weight is 250 g/mol. The largest absolute Gasteiger partial charge is 0.384 e. The molecule has 0 aliphatic carbocycles. The molecule has 1 aromatic rings. The number of hydrogen-bond acceptors (Lipinski definition) is 2. The fourth-order valence-corrected chi connectivity index (χ4v) is 4.15. The van der Waals surface area contributed by atoms with E-state index in [1.165, 1.54) is 11.1 Å². The first-order chi connectivity index (χ1) is 7.82. The molecule has 1 saturated heterocycles. The number of benzene rings is 1. The maximum absolute atomic E-state index is 11.0. The van der Waals surface area contributed by atoms with E-state index in [0.717, 1.165) is 23.5 Å². The Morgan fingerprint density at radius 3 is 2.53 bits per heavy atom. The van der Waals surface area contributed by atoms with Crippen molar-refractivity contribution in [3.63, 3.8) is 0 Å². The van der Waals surface area contributed by atoms with E-state index in [9.17, 15) is 5.11 Å². The van der Waals surface area contributed by atoms with Gasteiger partial charge in [-0.3, -0.25) is 0 Å². The van der Waals surface area contributed by atoms with E-state index in [4.69, 9.17) is 0 Å². The Hall–Kier alpha value is -0.470. The number of thioether (sulfide) groups is 1. The maximum atomic E-state index is 11.0. The van der Waals surface area contributed by atoms with Gasteiger partial charge in [-0.25, -0.2) is 0 Å². The molecule has 0 radical (unpaired) electrons. The molecule has 1 fully saturated rings. The lowest BCUT2D eigenvalue weighted by Gasteiger charge is -2.42. The van der Waals surface area contributed by atoms with Gasteiger partial charge in [-0.1, -0.05) is 37.6 Å². The van der Waals surface area contributed by atoms with Crippen molar-refractivity contribution in [1.29, 1.82) is 0 Å². The second kappa shape index (κ2) is 4.33. The molecule has 94 valence electrons. The minimum absolute atomic E-state index is 0.216. The molecule has 0 bridgehead atoms. The molecular formula is C15H22OS. The van der Waals surface area contributed by atoms with Crippen LogP contribution in [-0.2, 0) is 5.60 Å². The van der Waals surface area contributed by atoms with Crippen LogP contribution >= 0.6 is 11.8 Å². The molecule has 2 heteroatoms. The molecule has 17 heavy (non-hydrogen) atoms. The molecule has 2 rings (SSSR count). The van der Waals surface area contributed by atoms with Crippen LogP contribution < -0.4 is 0 Å². The van der Waals surface area contributed by atoms with Gasteiger partial charge in [-0.05, 0) is 42.6 Å². The van der Waals surface area contributed by atoms with E-state index >= 15 is 0 Å². The van der Waals surface area contributed by atoms with Gasteiger partial charge in [-0.2, -0.15) is 11.8 Å². The summed E-state index contributed by atoms with van der Waals surface area (Å²) in [5.74, 6) is 1.96. The SMILES string of the molecule is Cc1ccc(C)c(C2(O)CSCC(C)(C)C2)c1. The molecule has 0 saturated carbocycles. The fraction of sp³-hybridized carbons (Fsp3) is 0.600. The van der Waals surface area contributed by atoms with E-state index in [0.29, 0.717) is 0 Å². The Morgan fingerprint density at radius 1 is 1.18 bits per heavy atom. The van der Waals surface area contributed by atoms with Crippen LogP contribution in [0.4, 0.5) is 0 Å². The summed E-state index contributed by atoms with van der Waals surface area (Å²) in [4.78, 5) is 0. The third kappa shape index (κ3) is 2.69. The van der Waals surface area contributed by atoms with Crippen molar-refractivity contribution < 1.29 is 5.11 Å². The lowest BCUT2D eigenvalue weighted by Crippen LogP contribution is -2.40. The number of hydrogen-bond donors (Lipinski definition) is 1. The van der Waals surface area contributed by atoms with E-state index in [-0.39, 0.29) is 5.41 Å². The van der Waals surface area contributed by atoms with Crippen LogP contribution in [0.25, 0.3) is 0 Å². The van der Waals surface area contributed by atoms with Crippen LogP contribution in [0, 0.1) is 19.3 Å². The van der Waals surface area contributed by atoms with E-state index < -0.39 is 5.60 Å². The maximum Gasteiger partial charge on any atom is 0.0994 e. The van der Waals surface area contributed by atoms with Crippen LogP contribution in [0.5, 0.6) is 0 Å². The van der Waals surface area contributed by atoms with E-state index in [1.807, 2.05) is 11.8 Å². The van der Waals surface area contributed by atoms with Gasteiger partial charge in [0.2, 0.25) is 0 Å². The van der Waals surface area contributed by atoms with Gasteiger partial charge in [0, 0.05) is 5.75 Å². The Morgan fingerprint density at radius 2 is 1.88 bits per heavy atom. The quantitative estimate of drug-likeness (QED) is 0.821. The average Bonchev–Trinajstić information content (AvgIpc) is 2.19. The van der Waals surface area contributed by atoms with Crippen molar-refractivity contribution in [2.75, 3.05) is 11.5 Å². The predicted octanol–water partition coefficient (Wildman–Crippen LogP) is 3.65. The van der Waals surface area contributed by atoms with Crippen molar-refractivity contribution in [2.45, 2.75) is 39.7 Å². The molecule has 0 spiro atoms. The number of aryl methyl sites for hydroxylation is 2. The van der Waals surface area contributed by atoms with Crippen LogP contribution in [0.15, 0.2) is 18.2 Å². The third-order valence-electron chi connectivity index (χ3n) is 3.50. The topological polar surface area (TPSA) is 20.2 Å². The summed E-state index contributed by atoms with van der Waals surface area (Å²) in [5.41, 5.74) is 3.12. The van der Waals surface area contributed by atoms with Crippen molar-refractivity contribution in [2.24, 2.45) is 5.41 Å². The molecule has 1 heterocycles. The monoisotopic (exact) mass is 250 g/mol. The molecule has 1 nitrogen and oxygen atoms in total. The van der Waals surface area contributed by atoms with Crippen molar-refractivity contribution in [3.8, 4) is 0 Å². The minimum atomic E-state index is -0.650. The minimum Gasteiger partial charge on any atom is -0.384 e. The van der Waals surface area contributed by atoms with Gasteiger partial charge in [-0.15, -0.1) is 0 Å². The zero-order chi connectivity index (χ0) is 12.7. The highest BCUT2D eigenvalue weighted by molar-refractivity contribution is 7.99. The lowest BCUT2D eigenvalue weighted by molar-refractivity contribution is 0.0150. The lowest BCUT2D eigenvalue weighted by atomic mass is 9.77. The second-order valence-electron chi connectivity index (χ2n) is 6.18. The van der Waals surface area contributed by atoms with Crippen LogP contribution in [0.1, 0.15) is 37.0 Å². The first kappa shape index (κ1) is 13.0. The molecule has 0 aromatic heterocycles. The van der Waals surface area contributed by atoms with Gasteiger partial charge < -0.3 is 5.11 Å². The second-order valence-corrected chi connectivity index (χ2v) is 7.17. The molecule has 1 aromatic carbocycles. The molecular weight excluding hydrogens is 228 g/mol. The third-order valence-corrected chi connectivity index (χ3v) is 5.17. The number of rotatable bonds is 1. The summed E-state index contributed by atoms with van der Waals surface area (Å²) in [6.45, 7) is 8.68. The number of aliphatic hydroxyl groups is 1. The molecule has 1 aliphatic heterocycles. The molecule has 0 amide bonds. The van der Waals surface area contributed by atoms with Gasteiger partial charge in [0.05, 0.1) is 5.60 Å². The van der Waals surface area contributed by atoms with Gasteiger partial charge in [0.15, 0.2) is 0 Å². The highest BCUT2D eigenvalue weighted by Crippen LogP contribution is 2.45. The standard InChI is InChI=1S/C15H22OS/c1-11-5-6-12(2)13(7-11)15(16)8-14(3,4)9-17-10-15/h5-7,16H,8-10H2,1-4H3. The zero-order valence-corrected chi connectivity index (χ0v) is 12.0. The smallest absolute Gasteiger partial charge is 0.0994 e. The molecule has 1 atom stereocenters. The summed E-state index contributed by atoms with van der Waals surface area (Å²) in [5, 5.41) is 11.0. The first-order valence-electron chi connectivity index (χ1n) is 6.20. The predicted molar refractivity (Wildman–Crippen MR) is 75.5 cm³/mol. The van der Waals surface area contributed by atoms with Crippen molar-refractivity contribution >= 4 is 11.8 Å². The Labute approximate surface area is 109 Å². The molecule has 1 N–H and O–H groups in total. The summed E-state index contributed by atoms with van der Waals surface area (Å²) in [6.07, 6.45) is 0.858. The van der Waals surface area contributed by atoms with E-state index in [1.54, 1.807) is 0 Å². The zero-order valence-electron chi connectivity index (χ0n) is 11.2. The van der Waals surface area contributed by atoms with Crippen LogP contribution in [0.2, 0.25) is 0 Å². The van der Waals surface area contributed by atoms with Crippen molar-refractivity contribution in [1.82, 2.24) is 0 Å². The highest BCUT2D eigenvalue weighted by atomic mass is 32.2. The van der Waals surface area contributed by atoms with Crippen LogP contribution in [0.3, 0.4) is 0 Å². The van der Waals surface area contributed by atoms with E-state index in [2.05, 4.69) is 45.9 Å². The van der Waals surface area contributed by atoms with Crippen molar-refractivity contribution in [3.05, 3.63) is 34.9 Å². The summed E-state index contributed by atoms with van der Waals surface area (Å²) in [7, 11) is 0. The van der Waals surface area contributed by atoms with Gasteiger partial charge >= 0.3 is 0 Å².